The topological polar surface area (TPSA) is 113 Å². The van der Waals surface area contributed by atoms with E-state index in [0.717, 1.165) is 27.2 Å². The number of carbonyl (C=O) groups excluding carboxylic acids is 1. The Morgan fingerprint density at radius 3 is 2.68 bits per heavy atom. The lowest BCUT2D eigenvalue weighted by Gasteiger charge is -2.18. The number of fused-ring (bicyclic) bond motifs is 2. The van der Waals surface area contributed by atoms with Crippen LogP contribution in [0.25, 0.3) is 10.2 Å². The number of nitrogens with one attached hydrogen (secondary N) is 3. The van der Waals surface area contributed by atoms with Gasteiger partial charge in [-0.25, -0.2) is 13.4 Å². The number of anilines is 5. The number of rotatable bonds is 6. The highest BCUT2D eigenvalue weighted by Crippen LogP contribution is 2.34. The lowest BCUT2D eigenvalue weighted by molar-refractivity contribution is -0.116. The number of amides is 1. The summed E-state index contributed by atoms with van der Waals surface area (Å²) in [7, 11) is -3.49. The normalized spacial score (nSPS) is 13.6. The molecule has 174 valence electrons. The number of sulfone groups is 1. The smallest absolute Gasteiger partial charge is 0.229 e. The number of para-hydroxylation sites is 1. The fraction of sp³-hybridized carbons (Fsp3) is 0.208. The number of hydrogen-bond donors (Lipinski definition) is 3. The van der Waals surface area contributed by atoms with E-state index in [1.54, 1.807) is 38.1 Å². The van der Waals surface area contributed by atoms with E-state index in [0.29, 0.717) is 30.3 Å². The molecule has 0 bridgehead atoms. The van der Waals surface area contributed by atoms with Crippen molar-refractivity contribution in [2.24, 2.45) is 0 Å². The third-order valence-corrected chi connectivity index (χ3v) is 8.75. The van der Waals surface area contributed by atoms with Crippen LogP contribution in [0.5, 0.6) is 0 Å². The maximum absolute atomic E-state index is 12.9. The Hall–Kier alpha value is -3.50. The zero-order valence-corrected chi connectivity index (χ0v) is 20.3. The Morgan fingerprint density at radius 2 is 1.85 bits per heavy atom. The zero-order chi connectivity index (χ0) is 23.9. The van der Waals surface area contributed by atoms with Gasteiger partial charge >= 0.3 is 0 Å². The first-order valence-corrected chi connectivity index (χ1v) is 13.3. The summed E-state index contributed by atoms with van der Waals surface area (Å²) >= 11 is 1.48. The molecule has 1 aliphatic rings. The van der Waals surface area contributed by atoms with Crippen molar-refractivity contribution in [3.63, 3.8) is 0 Å². The molecule has 0 saturated heterocycles. The highest BCUT2D eigenvalue weighted by molar-refractivity contribution is 7.92. The fourth-order valence-corrected chi connectivity index (χ4v) is 5.77. The molecule has 2 aromatic heterocycles. The number of carbonyl (C=O) groups is 1. The molecule has 4 aromatic rings. The summed E-state index contributed by atoms with van der Waals surface area (Å²) in [5, 5.41) is 10.7. The molecule has 0 atom stereocenters. The quantitative estimate of drug-likeness (QED) is 0.336. The highest BCUT2D eigenvalue weighted by Gasteiger charge is 2.23. The first kappa shape index (κ1) is 22.3. The monoisotopic (exact) mass is 493 g/mol. The van der Waals surface area contributed by atoms with Crippen LogP contribution in [0, 0.1) is 0 Å². The molecule has 34 heavy (non-hydrogen) atoms. The average Bonchev–Trinajstić information content (AvgIpc) is 3.28. The van der Waals surface area contributed by atoms with Crippen molar-refractivity contribution in [2.75, 3.05) is 16.0 Å². The van der Waals surface area contributed by atoms with E-state index in [1.807, 2.05) is 29.6 Å². The Morgan fingerprint density at radius 1 is 1.03 bits per heavy atom. The molecule has 1 aliphatic heterocycles. The number of aryl methyl sites for hydroxylation is 1. The van der Waals surface area contributed by atoms with E-state index in [2.05, 4.69) is 25.9 Å². The van der Waals surface area contributed by atoms with E-state index >= 15 is 0 Å². The van der Waals surface area contributed by atoms with Crippen LogP contribution >= 0.6 is 11.3 Å². The van der Waals surface area contributed by atoms with Crippen molar-refractivity contribution < 1.29 is 13.2 Å². The number of hydrogen-bond acceptors (Lipinski definition) is 8. The van der Waals surface area contributed by atoms with Gasteiger partial charge in [-0.3, -0.25) is 4.79 Å². The second-order valence-corrected chi connectivity index (χ2v) is 11.7. The Balaban J connectivity index is 1.50. The van der Waals surface area contributed by atoms with E-state index < -0.39 is 15.1 Å². The highest BCUT2D eigenvalue weighted by atomic mass is 32.2. The van der Waals surface area contributed by atoms with Gasteiger partial charge in [0.2, 0.25) is 11.9 Å². The Bertz CT molecular complexity index is 1510. The SMILES string of the molecule is CC(C)S(=O)(=O)c1ccccc1Nc1nc(Nc2ccc3c(c2)CCC(=O)N3)nc2ccsc12. The summed E-state index contributed by atoms with van der Waals surface area (Å²) in [6, 6.07) is 14.5. The molecular formula is C24H23N5O3S2. The van der Waals surface area contributed by atoms with Crippen molar-refractivity contribution >= 4 is 66.1 Å². The van der Waals surface area contributed by atoms with Gasteiger partial charge in [0.25, 0.3) is 0 Å². The van der Waals surface area contributed by atoms with Gasteiger partial charge in [0, 0.05) is 17.8 Å². The van der Waals surface area contributed by atoms with E-state index in [1.165, 1.54) is 11.3 Å². The maximum Gasteiger partial charge on any atom is 0.229 e. The zero-order valence-electron chi connectivity index (χ0n) is 18.6. The molecule has 3 heterocycles. The largest absolute Gasteiger partial charge is 0.338 e. The standard InChI is InChI=1S/C24H23N5O3S2/c1-14(2)34(31,32)20-6-4-3-5-18(20)27-23-22-19(11-12-33-22)28-24(29-23)25-16-8-9-17-15(13-16)7-10-21(30)26-17/h3-6,8-9,11-14H,7,10H2,1-2H3,(H,26,30)(H2,25,27,28,29). The summed E-state index contributed by atoms with van der Waals surface area (Å²) in [5.74, 6) is 0.937. The Kier molecular flexibility index (Phi) is 5.70. The third kappa shape index (κ3) is 4.22. The summed E-state index contributed by atoms with van der Waals surface area (Å²) in [5.41, 5.74) is 3.89. The molecule has 1 amide bonds. The van der Waals surface area contributed by atoms with E-state index in [9.17, 15) is 13.2 Å². The number of aromatic nitrogens is 2. The van der Waals surface area contributed by atoms with Crippen LogP contribution in [0.1, 0.15) is 25.8 Å². The molecule has 10 heteroatoms. The van der Waals surface area contributed by atoms with Gasteiger partial charge in [0.1, 0.15) is 0 Å². The second kappa shape index (κ2) is 8.69. The minimum Gasteiger partial charge on any atom is -0.338 e. The van der Waals surface area contributed by atoms with Crippen molar-refractivity contribution in [2.45, 2.75) is 36.8 Å². The van der Waals surface area contributed by atoms with E-state index in [4.69, 9.17) is 0 Å². The molecule has 0 fully saturated rings. The molecule has 3 N–H and O–H groups in total. The van der Waals surface area contributed by atoms with Gasteiger partial charge in [-0.15, -0.1) is 11.3 Å². The summed E-state index contributed by atoms with van der Waals surface area (Å²) < 4.78 is 26.6. The van der Waals surface area contributed by atoms with Crippen LogP contribution in [0.3, 0.4) is 0 Å². The van der Waals surface area contributed by atoms with Crippen LogP contribution in [-0.4, -0.2) is 29.5 Å². The van der Waals surface area contributed by atoms with Gasteiger partial charge in [-0.2, -0.15) is 4.98 Å². The number of thiophene rings is 1. The van der Waals surface area contributed by atoms with Gasteiger partial charge in [0.15, 0.2) is 15.7 Å². The van der Waals surface area contributed by atoms with Crippen LogP contribution in [0.15, 0.2) is 58.8 Å². The van der Waals surface area contributed by atoms with Gasteiger partial charge in [0.05, 0.1) is 26.0 Å². The van der Waals surface area contributed by atoms with Crippen LogP contribution in [-0.2, 0) is 21.1 Å². The average molecular weight is 494 g/mol. The molecule has 8 nitrogen and oxygen atoms in total. The van der Waals surface area contributed by atoms with Crippen molar-refractivity contribution in [1.29, 1.82) is 0 Å². The lowest BCUT2D eigenvalue weighted by Crippen LogP contribution is -2.18. The molecule has 5 rings (SSSR count). The van der Waals surface area contributed by atoms with Crippen molar-refractivity contribution in [1.82, 2.24) is 9.97 Å². The molecule has 0 spiro atoms. The summed E-state index contributed by atoms with van der Waals surface area (Å²) in [4.78, 5) is 21.1. The van der Waals surface area contributed by atoms with Crippen LogP contribution in [0.2, 0.25) is 0 Å². The molecule has 0 aliphatic carbocycles. The predicted octanol–water partition coefficient (Wildman–Crippen LogP) is 5.25. The molecule has 0 unspecified atom stereocenters. The first-order valence-electron chi connectivity index (χ1n) is 10.9. The first-order chi connectivity index (χ1) is 16.3. The number of benzene rings is 2. The van der Waals surface area contributed by atoms with E-state index in [-0.39, 0.29) is 10.8 Å². The molecule has 2 aromatic carbocycles. The van der Waals surface area contributed by atoms with Gasteiger partial charge < -0.3 is 16.0 Å². The van der Waals surface area contributed by atoms with Crippen LogP contribution < -0.4 is 16.0 Å². The molecular weight excluding hydrogens is 470 g/mol. The minimum atomic E-state index is -3.49. The molecule has 0 radical (unpaired) electrons. The lowest BCUT2D eigenvalue weighted by atomic mass is 10.0. The fourth-order valence-electron chi connectivity index (χ4n) is 3.79. The number of nitrogens with zero attached hydrogens (tertiary/aromatic N) is 2. The maximum atomic E-state index is 12.9. The molecule has 0 saturated carbocycles. The second-order valence-electron chi connectivity index (χ2n) is 8.29. The Labute approximate surface area is 201 Å². The van der Waals surface area contributed by atoms with Crippen LogP contribution in [0.4, 0.5) is 28.8 Å². The third-order valence-electron chi connectivity index (χ3n) is 5.63. The van der Waals surface area contributed by atoms with Crippen molar-refractivity contribution in [3.8, 4) is 0 Å². The summed E-state index contributed by atoms with van der Waals surface area (Å²) in [6.45, 7) is 3.33. The van der Waals surface area contributed by atoms with Crippen molar-refractivity contribution in [3.05, 3.63) is 59.5 Å². The predicted molar refractivity (Wildman–Crippen MR) is 136 cm³/mol. The van der Waals surface area contributed by atoms with Gasteiger partial charge in [-0.1, -0.05) is 12.1 Å². The minimum absolute atomic E-state index is 0.0231. The van der Waals surface area contributed by atoms with Gasteiger partial charge in [-0.05, 0) is 67.6 Å². The summed E-state index contributed by atoms with van der Waals surface area (Å²) in [6.07, 6.45) is 1.13.